The van der Waals surface area contributed by atoms with Gasteiger partial charge in [-0.05, 0) is 42.8 Å². The highest BCUT2D eigenvalue weighted by atomic mass is 16.5. The molecule has 6 rings (SSSR count). The highest BCUT2D eigenvalue weighted by Crippen LogP contribution is 2.43. The van der Waals surface area contributed by atoms with Crippen LogP contribution in [-0.4, -0.2) is 23.6 Å². The number of anilines is 2. The second kappa shape index (κ2) is 10.4. The summed E-state index contributed by atoms with van der Waals surface area (Å²) < 4.78 is 12.7. The van der Waals surface area contributed by atoms with Gasteiger partial charge in [0.15, 0.2) is 11.5 Å². The molecule has 0 fully saturated rings. The fraction of sp³-hybridized carbons (Fsp3) is 0.0303. The van der Waals surface area contributed by atoms with Gasteiger partial charge in [0.2, 0.25) is 0 Å². The maximum atomic E-state index is 12.3. The van der Waals surface area contributed by atoms with Crippen LogP contribution in [0.2, 0.25) is 0 Å². The maximum absolute atomic E-state index is 12.3. The molecule has 4 aromatic carbocycles. The number of amides is 4. The Balaban J connectivity index is 1.39. The van der Waals surface area contributed by atoms with Crippen LogP contribution in [0, 0.1) is 6.92 Å². The van der Waals surface area contributed by atoms with Crippen molar-refractivity contribution in [2.75, 3.05) is 9.80 Å². The van der Waals surface area contributed by atoms with Crippen LogP contribution < -0.4 is 19.3 Å². The van der Waals surface area contributed by atoms with E-state index in [1.807, 2.05) is 43.3 Å². The van der Waals surface area contributed by atoms with Gasteiger partial charge in [-0.15, -0.1) is 0 Å². The SMILES string of the molecule is Cc1ccc(-c2cccc(Oc3cccc(N4C(=O)C=CC4=O)c3)c2Oc2cccc(N3C(=O)C=CC3=O)c2)cc1. The first kappa shape index (κ1) is 25.5. The predicted octanol–water partition coefficient (Wildman–Crippen LogP) is 6.11. The number of hydrogen-bond acceptors (Lipinski definition) is 6. The van der Waals surface area contributed by atoms with Gasteiger partial charge in [-0.1, -0.05) is 54.1 Å². The van der Waals surface area contributed by atoms with E-state index in [1.54, 1.807) is 54.6 Å². The molecule has 0 aliphatic carbocycles. The highest BCUT2D eigenvalue weighted by molar-refractivity contribution is 6.28. The lowest BCUT2D eigenvalue weighted by Gasteiger charge is -2.19. The first-order valence-electron chi connectivity index (χ1n) is 12.8. The van der Waals surface area contributed by atoms with Crippen LogP contribution in [0.5, 0.6) is 23.0 Å². The first-order chi connectivity index (χ1) is 19.9. The van der Waals surface area contributed by atoms with Gasteiger partial charge in [0.05, 0.1) is 11.4 Å². The molecule has 0 spiro atoms. The normalized spacial score (nSPS) is 14.4. The average Bonchev–Trinajstić information content (AvgIpc) is 3.49. The summed E-state index contributed by atoms with van der Waals surface area (Å²) >= 11 is 0. The molecular weight excluding hydrogens is 520 g/mol. The number of imide groups is 2. The molecular formula is C33H22N2O6. The summed E-state index contributed by atoms with van der Waals surface area (Å²) in [5.41, 5.74) is 3.48. The summed E-state index contributed by atoms with van der Waals surface area (Å²) in [4.78, 5) is 51.0. The minimum atomic E-state index is -0.429. The zero-order chi connectivity index (χ0) is 28.5. The van der Waals surface area contributed by atoms with E-state index in [2.05, 4.69) is 0 Å². The summed E-state index contributed by atoms with van der Waals surface area (Å²) in [6.07, 6.45) is 4.89. The second-order valence-electron chi connectivity index (χ2n) is 9.39. The second-order valence-corrected chi connectivity index (χ2v) is 9.39. The number of carbonyl (C=O) groups is 4. The van der Waals surface area contributed by atoms with E-state index in [1.165, 1.54) is 24.3 Å². The summed E-state index contributed by atoms with van der Waals surface area (Å²) in [6, 6.07) is 26.7. The van der Waals surface area contributed by atoms with Crippen LogP contribution in [0.4, 0.5) is 11.4 Å². The fourth-order valence-corrected chi connectivity index (χ4v) is 4.59. The number of benzene rings is 4. The first-order valence-corrected chi connectivity index (χ1v) is 12.8. The van der Waals surface area contributed by atoms with E-state index >= 15 is 0 Å². The third kappa shape index (κ3) is 5.02. The molecule has 0 N–H and O–H groups in total. The van der Waals surface area contributed by atoms with E-state index in [4.69, 9.17) is 9.47 Å². The lowest BCUT2D eigenvalue weighted by atomic mass is 10.0. The summed E-state index contributed by atoms with van der Waals surface area (Å²) in [5.74, 6) is -0.182. The molecule has 2 heterocycles. The molecule has 2 aliphatic rings. The van der Waals surface area contributed by atoms with Crippen LogP contribution in [0.1, 0.15) is 5.56 Å². The zero-order valence-corrected chi connectivity index (χ0v) is 21.8. The summed E-state index contributed by atoms with van der Waals surface area (Å²) in [5, 5.41) is 0. The van der Waals surface area contributed by atoms with Crippen molar-refractivity contribution in [2.24, 2.45) is 0 Å². The number of para-hydroxylation sites is 1. The Morgan fingerprint density at radius 1 is 0.537 bits per heavy atom. The van der Waals surface area contributed by atoms with Gasteiger partial charge < -0.3 is 9.47 Å². The Bertz CT molecular complexity index is 1750. The number of nitrogens with zero attached hydrogens (tertiary/aromatic N) is 2. The van der Waals surface area contributed by atoms with Crippen LogP contribution >= 0.6 is 0 Å². The van der Waals surface area contributed by atoms with Crippen LogP contribution in [-0.2, 0) is 19.2 Å². The predicted molar refractivity (Wildman–Crippen MR) is 153 cm³/mol. The van der Waals surface area contributed by atoms with E-state index in [9.17, 15) is 19.2 Å². The van der Waals surface area contributed by atoms with E-state index in [0.717, 1.165) is 26.5 Å². The monoisotopic (exact) mass is 542 g/mol. The number of ether oxygens (including phenoxy) is 2. The van der Waals surface area contributed by atoms with Crippen LogP contribution in [0.25, 0.3) is 11.1 Å². The lowest BCUT2D eigenvalue weighted by Crippen LogP contribution is -2.29. The topological polar surface area (TPSA) is 93.2 Å². The molecule has 2 aliphatic heterocycles. The number of hydrogen-bond donors (Lipinski definition) is 0. The average molecular weight is 543 g/mol. The molecule has 0 atom stereocenters. The van der Waals surface area contributed by atoms with Crippen molar-refractivity contribution in [1.29, 1.82) is 0 Å². The minimum Gasteiger partial charge on any atom is -0.453 e. The molecule has 0 bridgehead atoms. The van der Waals surface area contributed by atoms with Crippen molar-refractivity contribution in [3.05, 3.63) is 121 Å². The van der Waals surface area contributed by atoms with Crippen molar-refractivity contribution in [3.8, 4) is 34.1 Å². The number of carbonyl (C=O) groups excluding carboxylic acids is 4. The van der Waals surface area contributed by atoms with Crippen molar-refractivity contribution in [2.45, 2.75) is 6.92 Å². The largest absolute Gasteiger partial charge is 0.453 e. The molecule has 8 nitrogen and oxygen atoms in total. The van der Waals surface area contributed by atoms with Crippen molar-refractivity contribution >= 4 is 35.0 Å². The molecule has 0 unspecified atom stereocenters. The minimum absolute atomic E-state index is 0.373. The maximum Gasteiger partial charge on any atom is 0.258 e. The van der Waals surface area contributed by atoms with Gasteiger partial charge in [0, 0.05) is 42.0 Å². The summed E-state index contributed by atoms with van der Waals surface area (Å²) in [7, 11) is 0. The third-order valence-electron chi connectivity index (χ3n) is 6.56. The van der Waals surface area contributed by atoms with Gasteiger partial charge in [-0.2, -0.15) is 0 Å². The van der Waals surface area contributed by atoms with E-state index < -0.39 is 23.6 Å². The lowest BCUT2D eigenvalue weighted by molar-refractivity contribution is -0.121. The number of aryl methyl sites for hydroxylation is 1. The molecule has 0 radical (unpaired) electrons. The summed E-state index contributed by atoms with van der Waals surface area (Å²) in [6.45, 7) is 2.00. The van der Waals surface area contributed by atoms with Gasteiger partial charge in [-0.3, -0.25) is 19.2 Å². The van der Waals surface area contributed by atoms with Crippen molar-refractivity contribution in [3.63, 3.8) is 0 Å². The zero-order valence-electron chi connectivity index (χ0n) is 21.8. The molecule has 8 heteroatoms. The Morgan fingerprint density at radius 3 is 1.56 bits per heavy atom. The van der Waals surface area contributed by atoms with Crippen LogP contribution in [0.15, 0.2) is 115 Å². The van der Waals surface area contributed by atoms with Crippen molar-refractivity contribution < 1.29 is 28.7 Å². The molecule has 4 aromatic rings. The van der Waals surface area contributed by atoms with Crippen molar-refractivity contribution in [1.82, 2.24) is 0 Å². The quantitative estimate of drug-likeness (QED) is 0.262. The van der Waals surface area contributed by atoms with E-state index in [0.29, 0.717) is 34.4 Å². The smallest absolute Gasteiger partial charge is 0.258 e. The Kier molecular flexibility index (Phi) is 6.49. The van der Waals surface area contributed by atoms with Gasteiger partial charge in [0.25, 0.3) is 23.6 Å². The molecule has 200 valence electrons. The third-order valence-corrected chi connectivity index (χ3v) is 6.56. The molecule has 41 heavy (non-hydrogen) atoms. The number of rotatable bonds is 7. The molecule has 4 amide bonds. The standard InChI is InChI=1S/C33H22N2O6/c1-21-11-13-22(14-12-21)27-9-4-10-28(40-25-7-2-5-23(19-25)34-29(36)15-16-30(34)37)33(27)41-26-8-3-6-24(20-26)35-31(38)17-18-32(35)39/h2-20H,1H3. The molecule has 0 aromatic heterocycles. The fourth-order valence-electron chi connectivity index (χ4n) is 4.59. The molecule has 0 saturated carbocycles. The van der Waals surface area contributed by atoms with Gasteiger partial charge in [0.1, 0.15) is 11.5 Å². The van der Waals surface area contributed by atoms with Gasteiger partial charge >= 0.3 is 0 Å². The Labute approximate surface area is 235 Å². The van der Waals surface area contributed by atoms with Crippen LogP contribution in [0.3, 0.4) is 0 Å². The highest BCUT2D eigenvalue weighted by Gasteiger charge is 2.27. The Hall–Kier alpha value is -5.76. The van der Waals surface area contributed by atoms with Gasteiger partial charge in [-0.25, -0.2) is 9.80 Å². The Morgan fingerprint density at radius 2 is 1.02 bits per heavy atom. The van der Waals surface area contributed by atoms with E-state index in [-0.39, 0.29) is 0 Å². The molecule has 0 saturated heterocycles.